The van der Waals surface area contributed by atoms with Crippen LogP contribution in [-0.4, -0.2) is 83.7 Å². The van der Waals surface area contributed by atoms with Crippen molar-refractivity contribution in [2.24, 2.45) is 5.41 Å². The number of halogens is 1. The normalized spacial score (nSPS) is 23.2. The number of fused-ring (bicyclic) bond motifs is 1. The second-order valence-corrected chi connectivity index (χ2v) is 10.7. The molecule has 0 bridgehead atoms. The molecule has 36 heavy (non-hydrogen) atoms. The lowest BCUT2D eigenvalue weighted by atomic mass is 9.85. The van der Waals surface area contributed by atoms with Gasteiger partial charge in [-0.2, -0.15) is 0 Å². The molecule has 2 saturated heterocycles. The molecule has 0 aromatic heterocycles. The van der Waals surface area contributed by atoms with Crippen molar-refractivity contribution in [2.75, 3.05) is 20.1 Å². The number of Topliss-reactive ketones (excluding diaryl/α,β-unsaturated/α-hetero) is 1. The highest BCUT2D eigenvalue weighted by Gasteiger charge is 2.54. The molecule has 2 aliphatic rings. The van der Waals surface area contributed by atoms with Crippen molar-refractivity contribution in [3.05, 3.63) is 35.6 Å². The van der Waals surface area contributed by atoms with E-state index >= 15 is 0 Å². The first-order valence-corrected chi connectivity index (χ1v) is 12.3. The van der Waals surface area contributed by atoms with Crippen molar-refractivity contribution in [3.8, 4) is 0 Å². The van der Waals surface area contributed by atoms with Gasteiger partial charge in [0.15, 0.2) is 0 Å². The van der Waals surface area contributed by atoms with Gasteiger partial charge in [0.1, 0.15) is 11.9 Å². The number of nitrogens with zero attached hydrogens (tertiary/aromatic N) is 2. The zero-order valence-electron chi connectivity index (χ0n) is 21.8. The molecule has 0 spiro atoms. The molecule has 2 fully saturated rings. The van der Waals surface area contributed by atoms with Crippen LogP contribution in [0, 0.1) is 11.2 Å². The number of likely N-dealkylation sites (N-methyl/N-ethyl adjacent to an activating group) is 1. The van der Waals surface area contributed by atoms with Crippen molar-refractivity contribution in [1.29, 1.82) is 0 Å². The number of amides is 3. The van der Waals surface area contributed by atoms with E-state index in [0.717, 1.165) is 5.56 Å². The predicted octanol–water partition coefficient (Wildman–Crippen LogP) is 1.25. The summed E-state index contributed by atoms with van der Waals surface area (Å²) in [6.45, 7) is 9.31. The van der Waals surface area contributed by atoms with Crippen LogP contribution in [0.2, 0.25) is 0 Å². The minimum Gasteiger partial charge on any atom is -0.369 e. The van der Waals surface area contributed by atoms with Crippen LogP contribution in [0.4, 0.5) is 4.39 Å². The summed E-state index contributed by atoms with van der Waals surface area (Å²) in [6.07, 6.45) is -0.0360. The number of hydrogen-bond donors (Lipinski definition) is 2. The molecule has 0 saturated carbocycles. The Morgan fingerprint density at radius 1 is 1.14 bits per heavy atom. The van der Waals surface area contributed by atoms with E-state index in [-0.39, 0.29) is 36.8 Å². The highest BCUT2D eigenvalue weighted by atomic mass is 19.1. The van der Waals surface area contributed by atoms with Crippen LogP contribution in [0.5, 0.6) is 0 Å². The molecule has 2 N–H and O–H groups in total. The molecule has 3 amide bonds. The first-order valence-electron chi connectivity index (χ1n) is 12.3. The van der Waals surface area contributed by atoms with Crippen LogP contribution in [0.1, 0.15) is 46.6 Å². The van der Waals surface area contributed by atoms with E-state index in [1.165, 1.54) is 24.0 Å². The highest BCUT2D eigenvalue weighted by Crippen LogP contribution is 2.36. The summed E-state index contributed by atoms with van der Waals surface area (Å²) >= 11 is 0. The lowest BCUT2D eigenvalue weighted by Crippen LogP contribution is -2.59. The predicted molar refractivity (Wildman–Crippen MR) is 131 cm³/mol. The molecule has 2 aliphatic heterocycles. The molecule has 0 radical (unpaired) electrons. The summed E-state index contributed by atoms with van der Waals surface area (Å²) in [5.41, 5.74) is 0.178. The van der Waals surface area contributed by atoms with Crippen LogP contribution in [0.3, 0.4) is 0 Å². The monoisotopic (exact) mass is 504 g/mol. The first kappa shape index (κ1) is 27.7. The second kappa shape index (κ2) is 11.0. The number of hydrogen-bond acceptors (Lipinski definition) is 6. The fourth-order valence-electron chi connectivity index (χ4n) is 4.87. The Bertz CT molecular complexity index is 993. The molecular weight excluding hydrogens is 467 g/mol. The minimum absolute atomic E-state index is 0.164. The average molecular weight is 505 g/mol. The van der Waals surface area contributed by atoms with Crippen molar-refractivity contribution in [1.82, 2.24) is 20.4 Å². The minimum atomic E-state index is -0.796. The van der Waals surface area contributed by atoms with E-state index in [2.05, 4.69) is 10.6 Å². The van der Waals surface area contributed by atoms with Crippen LogP contribution >= 0.6 is 0 Å². The smallest absolute Gasteiger partial charge is 0.290 e. The van der Waals surface area contributed by atoms with Gasteiger partial charge in [0.25, 0.3) is 5.91 Å². The molecule has 2 heterocycles. The van der Waals surface area contributed by atoms with Gasteiger partial charge < -0.3 is 25.2 Å². The maximum atomic E-state index is 13.9. The summed E-state index contributed by atoms with van der Waals surface area (Å²) in [6, 6.07) is 3.82. The zero-order valence-corrected chi connectivity index (χ0v) is 21.8. The van der Waals surface area contributed by atoms with Gasteiger partial charge >= 0.3 is 0 Å². The largest absolute Gasteiger partial charge is 0.369 e. The molecule has 3 rings (SSSR count). The Labute approximate surface area is 211 Å². The van der Waals surface area contributed by atoms with Crippen LogP contribution in [0.25, 0.3) is 0 Å². The van der Waals surface area contributed by atoms with Crippen molar-refractivity contribution >= 4 is 23.5 Å². The van der Waals surface area contributed by atoms with Crippen LogP contribution in [-0.2, 0) is 30.5 Å². The number of nitrogens with one attached hydrogen (secondary N) is 2. The lowest BCUT2D eigenvalue weighted by molar-refractivity contribution is -0.144. The molecular formula is C26H37FN4O5. The third kappa shape index (κ3) is 5.92. The van der Waals surface area contributed by atoms with E-state index in [9.17, 15) is 23.6 Å². The van der Waals surface area contributed by atoms with Crippen molar-refractivity contribution in [3.63, 3.8) is 0 Å². The summed E-state index contributed by atoms with van der Waals surface area (Å²) in [4.78, 5) is 54.3. The van der Waals surface area contributed by atoms with E-state index in [1.54, 1.807) is 31.0 Å². The first-order chi connectivity index (χ1) is 16.8. The molecule has 0 unspecified atom stereocenters. The highest BCUT2D eigenvalue weighted by molar-refractivity contribution is 6.35. The van der Waals surface area contributed by atoms with Gasteiger partial charge in [0.05, 0.1) is 30.8 Å². The number of carbonyl (C=O) groups is 4. The van der Waals surface area contributed by atoms with Crippen LogP contribution < -0.4 is 10.6 Å². The molecule has 10 heteroatoms. The van der Waals surface area contributed by atoms with Gasteiger partial charge in [0, 0.05) is 20.0 Å². The molecule has 1 aromatic rings. The molecule has 198 valence electrons. The fraction of sp³-hybridized carbons (Fsp3) is 0.615. The summed E-state index contributed by atoms with van der Waals surface area (Å²) in [7, 11) is 1.67. The Kier molecular flexibility index (Phi) is 8.51. The Morgan fingerprint density at radius 3 is 2.33 bits per heavy atom. The van der Waals surface area contributed by atoms with E-state index < -0.39 is 41.3 Å². The van der Waals surface area contributed by atoms with Gasteiger partial charge in [0.2, 0.25) is 17.6 Å². The SMILES string of the molecule is CN[C@@H](C)C(=O)N[C@H](C(=O)N1CC[C@@H]2[C@H]1[C@@H](OCc1ccc(F)cc1)CN2C(=O)C(C)=O)C(C)(C)C. The second-order valence-electron chi connectivity index (χ2n) is 10.7. The van der Waals surface area contributed by atoms with Gasteiger partial charge in [-0.3, -0.25) is 19.2 Å². The Balaban J connectivity index is 1.86. The van der Waals surface area contributed by atoms with E-state index in [1.807, 2.05) is 20.8 Å². The molecule has 9 nitrogen and oxygen atoms in total. The van der Waals surface area contributed by atoms with E-state index in [4.69, 9.17) is 4.74 Å². The Hall–Kier alpha value is -2.85. The Morgan fingerprint density at radius 2 is 1.78 bits per heavy atom. The number of ketones is 1. The molecule has 1 aromatic carbocycles. The van der Waals surface area contributed by atoms with E-state index in [0.29, 0.717) is 13.0 Å². The maximum absolute atomic E-state index is 13.9. The van der Waals surface area contributed by atoms with Gasteiger partial charge in [-0.25, -0.2) is 4.39 Å². The van der Waals surface area contributed by atoms with Crippen molar-refractivity contribution in [2.45, 2.75) is 77.9 Å². The maximum Gasteiger partial charge on any atom is 0.290 e. The standard InChI is InChI=1S/C26H37FN4O5/c1-15(28-6)23(33)29-22(26(3,4)5)25(35)30-12-11-19-21(30)20(13-31(19)24(34)16(2)32)36-14-17-7-9-18(27)10-8-17/h7-10,15,19-22,28H,11-14H2,1-6H3,(H,29,33)/t15-,19+,20-,21-,22+/m0/s1. The third-order valence-corrected chi connectivity index (χ3v) is 7.03. The number of ether oxygens (including phenoxy) is 1. The van der Waals surface area contributed by atoms with Gasteiger partial charge in [-0.05, 0) is 43.5 Å². The number of rotatable bonds is 8. The molecule has 0 aliphatic carbocycles. The third-order valence-electron chi connectivity index (χ3n) is 7.03. The summed E-state index contributed by atoms with van der Waals surface area (Å²) in [5, 5.41) is 5.77. The summed E-state index contributed by atoms with van der Waals surface area (Å²) in [5.74, 6) is -2.06. The topological polar surface area (TPSA) is 108 Å². The van der Waals surface area contributed by atoms with Crippen molar-refractivity contribution < 1.29 is 28.3 Å². The fourth-order valence-corrected chi connectivity index (χ4v) is 4.87. The number of benzene rings is 1. The van der Waals surface area contributed by atoms with Gasteiger partial charge in [-0.15, -0.1) is 0 Å². The number of likely N-dealkylation sites (tertiary alicyclic amines) is 2. The summed E-state index contributed by atoms with van der Waals surface area (Å²) < 4.78 is 19.5. The van der Waals surface area contributed by atoms with Gasteiger partial charge in [-0.1, -0.05) is 32.9 Å². The van der Waals surface area contributed by atoms with Crippen LogP contribution in [0.15, 0.2) is 24.3 Å². The molecule has 5 atom stereocenters. The quantitative estimate of drug-likeness (QED) is 0.516. The zero-order chi connectivity index (χ0) is 26.8. The lowest BCUT2D eigenvalue weighted by Gasteiger charge is -2.37. The average Bonchev–Trinajstić information content (AvgIpc) is 3.40. The number of carbonyl (C=O) groups excluding carboxylic acids is 4.